The first kappa shape index (κ1) is 42.4. The average molecular weight is 605 g/mol. The number of nitrogens with zero attached hydrogens (tertiary/aromatic N) is 2. The van der Waals surface area contributed by atoms with Crippen LogP contribution in [-0.2, 0) is 4.94 Å². The van der Waals surface area contributed by atoms with Gasteiger partial charge in [-0.1, -0.05) is 167 Å². The Kier molecular flexibility index (Phi) is 37.0. The van der Waals surface area contributed by atoms with Gasteiger partial charge in [0.1, 0.15) is 0 Å². The average Bonchev–Trinajstić information content (AvgIpc) is 3.00. The molecule has 0 saturated heterocycles. The zero-order valence-corrected chi connectivity index (χ0v) is 30.2. The third-order valence-corrected chi connectivity index (χ3v) is 8.75. The molecule has 0 aliphatic heterocycles. The molecule has 0 amide bonds. The normalized spacial score (nSPS) is 12.2. The van der Waals surface area contributed by atoms with Crippen molar-refractivity contribution in [3.8, 4) is 0 Å². The fourth-order valence-corrected chi connectivity index (χ4v) is 5.84. The van der Waals surface area contributed by atoms with E-state index >= 15 is 0 Å². The molecule has 3 heteroatoms. The molecule has 0 unspecified atom stereocenters. The zero-order valence-electron chi connectivity index (χ0n) is 30.2. The monoisotopic (exact) mass is 605 g/mol. The molecule has 256 valence electrons. The largest absolute Gasteiger partial charge is 0.209 e. The summed E-state index contributed by atoms with van der Waals surface area (Å²) in [5, 5.41) is 4.05. The van der Waals surface area contributed by atoms with Crippen molar-refractivity contribution in [3.63, 3.8) is 0 Å². The smallest absolute Gasteiger partial charge is 0.0256 e. The van der Waals surface area contributed by atoms with Crippen LogP contribution in [0.4, 0.5) is 0 Å². The highest BCUT2D eigenvalue weighted by atomic mass is 16.8. The molecule has 0 spiro atoms. The van der Waals surface area contributed by atoms with Gasteiger partial charge in [-0.05, 0) is 64.2 Å². The van der Waals surface area contributed by atoms with Crippen molar-refractivity contribution in [2.24, 2.45) is 0 Å². The van der Waals surface area contributed by atoms with Crippen LogP contribution in [-0.4, -0.2) is 37.3 Å². The van der Waals surface area contributed by atoms with Crippen molar-refractivity contribution in [3.05, 3.63) is 24.3 Å². The Morgan fingerprint density at radius 2 is 0.558 bits per heavy atom. The molecule has 0 saturated carbocycles. The number of hydrogen-bond donors (Lipinski definition) is 0. The molecule has 0 aromatic heterocycles. The standard InChI is InChI=1S/C40H80N2O/c1-5-7-9-11-13-15-17-19-21-23-25-27-29-31-33-35-37-39-41(3)43-42(4)40-38-36-34-32-30-28-26-24-22-20-18-16-14-12-10-8-6-2/h19-22H,5-18,23-40H2,1-4H3/b21-19-,22-20-. The van der Waals surface area contributed by atoms with Gasteiger partial charge in [0.05, 0.1) is 0 Å². The van der Waals surface area contributed by atoms with Gasteiger partial charge in [-0.3, -0.25) is 0 Å². The molecular formula is C40H80N2O. The van der Waals surface area contributed by atoms with E-state index in [2.05, 4.69) is 52.2 Å². The van der Waals surface area contributed by atoms with Gasteiger partial charge in [0, 0.05) is 27.2 Å². The molecule has 0 aromatic carbocycles. The minimum atomic E-state index is 1.03. The number of hydrogen-bond acceptors (Lipinski definition) is 3. The Morgan fingerprint density at radius 1 is 0.326 bits per heavy atom. The highest BCUT2D eigenvalue weighted by Crippen LogP contribution is 2.13. The van der Waals surface area contributed by atoms with Crippen LogP contribution >= 0.6 is 0 Å². The van der Waals surface area contributed by atoms with E-state index in [4.69, 9.17) is 4.94 Å². The van der Waals surface area contributed by atoms with E-state index in [0.717, 1.165) is 13.1 Å². The minimum absolute atomic E-state index is 1.03. The second-order valence-corrected chi connectivity index (χ2v) is 13.4. The molecule has 0 radical (unpaired) electrons. The van der Waals surface area contributed by atoms with Crippen molar-refractivity contribution in [1.82, 2.24) is 10.1 Å². The first-order valence-electron chi connectivity index (χ1n) is 19.6. The molecule has 0 aromatic rings. The van der Waals surface area contributed by atoms with Gasteiger partial charge in [0.2, 0.25) is 0 Å². The van der Waals surface area contributed by atoms with Gasteiger partial charge in [-0.2, -0.15) is 10.1 Å². The molecule has 0 fully saturated rings. The summed E-state index contributed by atoms with van der Waals surface area (Å²) in [7, 11) is 4.17. The first-order valence-corrected chi connectivity index (χ1v) is 19.6. The molecule has 0 N–H and O–H groups in total. The third kappa shape index (κ3) is 37.5. The number of rotatable bonds is 36. The second-order valence-electron chi connectivity index (χ2n) is 13.4. The summed E-state index contributed by atoms with van der Waals surface area (Å²) in [5.41, 5.74) is 0. The Morgan fingerprint density at radius 3 is 0.837 bits per heavy atom. The summed E-state index contributed by atoms with van der Waals surface area (Å²) in [6.45, 7) is 6.64. The Bertz CT molecular complexity index is 513. The van der Waals surface area contributed by atoms with E-state index in [0.29, 0.717) is 0 Å². The maximum absolute atomic E-state index is 5.96. The summed E-state index contributed by atoms with van der Waals surface area (Å²) in [5.74, 6) is 0. The molecule has 43 heavy (non-hydrogen) atoms. The molecule has 0 heterocycles. The predicted molar refractivity (Wildman–Crippen MR) is 194 cm³/mol. The van der Waals surface area contributed by atoms with Crippen molar-refractivity contribution in [2.75, 3.05) is 27.2 Å². The van der Waals surface area contributed by atoms with Gasteiger partial charge < -0.3 is 0 Å². The fraction of sp³-hybridized carbons (Fsp3) is 0.900. The van der Waals surface area contributed by atoms with Crippen LogP contribution in [0.3, 0.4) is 0 Å². The minimum Gasteiger partial charge on any atom is -0.209 e. The zero-order chi connectivity index (χ0) is 31.3. The molecule has 3 nitrogen and oxygen atoms in total. The number of hydroxylamine groups is 4. The summed E-state index contributed by atoms with van der Waals surface area (Å²) in [6, 6.07) is 0. The molecular weight excluding hydrogens is 524 g/mol. The van der Waals surface area contributed by atoms with E-state index in [1.165, 1.54) is 193 Å². The van der Waals surface area contributed by atoms with Crippen LogP contribution in [0.25, 0.3) is 0 Å². The van der Waals surface area contributed by atoms with Gasteiger partial charge in [-0.15, -0.1) is 0 Å². The van der Waals surface area contributed by atoms with Crippen LogP contribution < -0.4 is 0 Å². The van der Waals surface area contributed by atoms with Crippen LogP contribution in [0.1, 0.15) is 206 Å². The summed E-state index contributed by atoms with van der Waals surface area (Å²) in [4.78, 5) is 5.96. The van der Waals surface area contributed by atoms with Crippen LogP contribution in [0, 0.1) is 0 Å². The van der Waals surface area contributed by atoms with Gasteiger partial charge in [-0.25, -0.2) is 4.94 Å². The SMILES string of the molecule is CCCCCCCC/C=C\CCCCCCCCCN(C)ON(C)CCCCCCCCC/C=C\CCCCCCCC. The van der Waals surface area contributed by atoms with Crippen molar-refractivity contribution in [2.45, 2.75) is 206 Å². The number of unbranched alkanes of at least 4 members (excludes halogenated alkanes) is 26. The first-order chi connectivity index (χ1) is 21.2. The van der Waals surface area contributed by atoms with Crippen LogP contribution in [0.5, 0.6) is 0 Å². The number of allylic oxidation sites excluding steroid dienone is 4. The summed E-state index contributed by atoms with van der Waals surface area (Å²) < 4.78 is 0. The van der Waals surface area contributed by atoms with Crippen LogP contribution in [0.15, 0.2) is 24.3 Å². The maximum Gasteiger partial charge on any atom is 0.0256 e. The third-order valence-electron chi connectivity index (χ3n) is 8.75. The quantitative estimate of drug-likeness (QED) is 0.0402. The maximum atomic E-state index is 5.96. The second kappa shape index (κ2) is 37.5. The Labute approximate surface area is 272 Å². The Hall–Kier alpha value is -0.640. The fourth-order valence-electron chi connectivity index (χ4n) is 5.84. The predicted octanol–water partition coefficient (Wildman–Crippen LogP) is 13.6. The van der Waals surface area contributed by atoms with E-state index in [1.54, 1.807) is 0 Å². The lowest BCUT2D eigenvalue weighted by molar-refractivity contribution is -0.304. The summed E-state index contributed by atoms with van der Waals surface area (Å²) in [6.07, 6.45) is 50.7. The van der Waals surface area contributed by atoms with E-state index in [-0.39, 0.29) is 0 Å². The molecule has 0 aliphatic carbocycles. The highest BCUT2D eigenvalue weighted by molar-refractivity contribution is 4.82. The highest BCUT2D eigenvalue weighted by Gasteiger charge is 2.04. The van der Waals surface area contributed by atoms with Crippen molar-refractivity contribution < 1.29 is 4.94 Å². The molecule has 0 aliphatic rings. The lowest BCUT2D eigenvalue weighted by Gasteiger charge is -2.23. The van der Waals surface area contributed by atoms with Crippen molar-refractivity contribution in [1.29, 1.82) is 0 Å². The molecule has 0 rings (SSSR count). The van der Waals surface area contributed by atoms with Gasteiger partial charge in [0.15, 0.2) is 0 Å². The van der Waals surface area contributed by atoms with Gasteiger partial charge >= 0.3 is 0 Å². The van der Waals surface area contributed by atoms with Crippen molar-refractivity contribution >= 4 is 0 Å². The Balaban J connectivity index is 3.33. The lowest BCUT2D eigenvalue weighted by Crippen LogP contribution is -2.31. The lowest BCUT2D eigenvalue weighted by atomic mass is 10.1. The van der Waals surface area contributed by atoms with E-state index in [9.17, 15) is 0 Å². The molecule has 0 atom stereocenters. The molecule has 0 bridgehead atoms. The topological polar surface area (TPSA) is 15.7 Å². The van der Waals surface area contributed by atoms with Gasteiger partial charge in [0.25, 0.3) is 0 Å². The van der Waals surface area contributed by atoms with E-state index in [1.807, 2.05) is 10.1 Å². The van der Waals surface area contributed by atoms with E-state index < -0.39 is 0 Å². The summed E-state index contributed by atoms with van der Waals surface area (Å²) >= 11 is 0. The van der Waals surface area contributed by atoms with Crippen LogP contribution in [0.2, 0.25) is 0 Å².